The van der Waals surface area contributed by atoms with E-state index in [2.05, 4.69) is 6.58 Å². The molecule has 1 fully saturated rings. The number of carbonyl (C=O) groups excluding carboxylic acids is 2. The van der Waals surface area contributed by atoms with Crippen molar-refractivity contribution in [3.63, 3.8) is 0 Å². The molecule has 0 radical (unpaired) electrons. The Bertz CT molecular complexity index is 445. The van der Waals surface area contributed by atoms with Crippen LogP contribution in [0.5, 0.6) is 0 Å². The van der Waals surface area contributed by atoms with Gasteiger partial charge >= 0.3 is 5.97 Å². The summed E-state index contributed by atoms with van der Waals surface area (Å²) in [5.41, 5.74) is 0.557. The van der Waals surface area contributed by atoms with Crippen LogP contribution >= 0.6 is 0 Å². The van der Waals surface area contributed by atoms with Crippen molar-refractivity contribution in [2.75, 3.05) is 0 Å². The predicted octanol–water partition coefficient (Wildman–Crippen LogP) is 3.06. The van der Waals surface area contributed by atoms with Crippen LogP contribution in [0.2, 0.25) is 0 Å². The predicted molar refractivity (Wildman–Crippen MR) is 73.5 cm³/mol. The highest BCUT2D eigenvalue weighted by Crippen LogP contribution is 2.51. The first-order valence-electron chi connectivity index (χ1n) is 6.99. The van der Waals surface area contributed by atoms with Gasteiger partial charge in [-0.2, -0.15) is 0 Å². The number of fused-ring (bicyclic) bond motifs is 1. The molecule has 0 N–H and O–H groups in total. The average Bonchev–Trinajstić information content (AvgIpc) is 2.82. The third-order valence-electron chi connectivity index (χ3n) is 4.25. The quantitative estimate of drug-likeness (QED) is 0.565. The van der Waals surface area contributed by atoms with Gasteiger partial charge in [0.05, 0.1) is 5.92 Å². The topological polar surface area (TPSA) is 43.4 Å². The van der Waals surface area contributed by atoms with Crippen molar-refractivity contribution in [3.8, 4) is 0 Å². The number of esters is 1. The summed E-state index contributed by atoms with van der Waals surface area (Å²) in [5, 5.41) is 0. The minimum Gasteiger partial charge on any atom is -0.461 e. The zero-order chi connectivity index (χ0) is 14.2. The van der Waals surface area contributed by atoms with Crippen molar-refractivity contribution in [1.82, 2.24) is 0 Å². The molecule has 2 rings (SSSR count). The van der Waals surface area contributed by atoms with E-state index in [0.717, 1.165) is 12.0 Å². The number of hydrogen-bond donors (Lipinski definition) is 0. The maximum atomic E-state index is 12.1. The van der Waals surface area contributed by atoms with Gasteiger partial charge in [-0.3, -0.25) is 9.59 Å². The lowest BCUT2D eigenvalue weighted by Crippen LogP contribution is -2.29. The number of ether oxygens (including phenoxy) is 1. The zero-order valence-electron chi connectivity index (χ0n) is 11.9. The molecule has 0 spiro atoms. The molecule has 1 aliphatic heterocycles. The molecule has 3 atom stereocenters. The molecule has 1 unspecified atom stereocenters. The fourth-order valence-electron chi connectivity index (χ4n) is 3.28. The van der Waals surface area contributed by atoms with Gasteiger partial charge in [0.1, 0.15) is 6.10 Å². The monoisotopic (exact) mass is 262 g/mol. The SMILES string of the molecule is C=CCCC1C(=O)O[C@H]2[C@@H]1C(C(=O)CC)=CC2(C)C. The summed E-state index contributed by atoms with van der Waals surface area (Å²) in [4.78, 5) is 24.2. The van der Waals surface area contributed by atoms with Crippen molar-refractivity contribution >= 4 is 11.8 Å². The molecule has 1 saturated heterocycles. The molecule has 3 nitrogen and oxygen atoms in total. The fourth-order valence-corrected chi connectivity index (χ4v) is 3.28. The van der Waals surface area contributed by atoms with Gasteiger partial charge in [-0.1, -0.05) is 32.9 Å². The number of ketones is 1. The fraction of sp³-hybridized carbons (Fsp3) is 0.625. The second kappa shape index (κ2) is 4.95. The second-order valence-corrected chi connectivity index (χ2v) is 6.05. The second-order valence-electron chi connectivity index (χ2n) is 6.05. The molecule has 0 amide bonds. The van der Waals surface area contributed by atoms with Gasteiger partial charge in [0.2, 0.25) is 0 Å². The van der Waals surface area contributed by atoms with Crippen LogP contribution < -0.4 is 0 Å². The summed E-state index contributed by atoms with van der Waals surface area (Å²) in [6.45, 7) is 9.62. The molecule has 2 aliphatic rings. The molecule has 1 aliphatic carbocycles. The molecular weight excluding hydrogens is 240 g/mol. The lowest BCUT2D eigenvalue weighted by molar-refractivity contribution is -0.147. The van der Waals surface area contributed by atoms with Gasteiger partial charge in [0, 0.05) is 17.8 Å². The first kappa shape index (κ1) is 14.0. The molecule has 0 aromatic rings. The maximum absolute atomic E-state index is 12.1. The van der Waals surface area contributed by atoms with Crippen LogP contribution in [0.15, 0.2) is 24.3 Å². The normalized spacial score (nSPS) is 31.6. The van der Waals surface area contributed by atoms with E-state index in [1.54, 1.807) is 0 Å². The van der Waals surface area contributed by atoms with Crippen LogP contribution in [0.3, 0.4) is 0 Å². The highest BCUT2D eigenvalue weighted by atomic mass is 16.6. The van der Waals surface area contributed by atoms with Crippen LogP contribution in [0.1, 0.15) is 40.0 Å². The summed E-state index contributed by atoms with van der Waals surface area (Å²) in [6.07, 6.45) is 5.62. The molecule has 0 bridgehead atoms. The number of allylic oxidation sites excluding steroid dienone is 1. The number of carbonyl (C=O) groups is 2. The Morgan fingerprint density at radius 2 is 2.21 bits per heavy atom. The third-order valence-corrected chi connectivity index (χ3v) is 4.25. The molecule has 0 aromatic heterocycles. The largest absolute Gasteiger partial charge is 0.461 e. The van der Waals surface area contributed by atoms with E-state index in [-0.39, 0.29) is 35.1 Å². The minimum atomic E-state index is -0.247. The number of hydrogen-bond acceptors (Lipinski definition) is 3. The Labute approximate surface area is 114 Å². The third kappa shape index (κ3) is 2.26. The van der Waals surface area contributed by atoms with Gasteiger partial charge in [-0.15, -0.1) is 6.58 Å². The molecule has 0 saturated carbocycles. The Hall–Kier alpha value is -1.38. The Balaban J connectivity index is 2.32. The summed E-state index contributed by atoms with van der Waals surface area (Å²) in [7, 11) is 0. The molecule has 3 heteroatoms. The van der Waals surface area contributed by atoms with Gasteiger partial charge in [-0.25, -0.2) is 0 Å². The molecular formula is C16H22O3. The average molecular weight is 262 g/mol. The van der Waals surface area contributed by atoms with E-state index < -0.39 is 0 Å². The van der Waals surface area contributed by atoms with E-state index in [9.17, 15) is 9.59 Å². The Morgan fingerprint density at radius 3 is 2.79 bits per heavy atom. The van der Waals surface area contributed by atoms with Crippen LogP contribution in [0.4, 0.5) is 0 Å². The van der Waals surface area contributed by atoms with Crippen molar-refractivity contribution in [3.05, 3.63) is 24.3 Å². The smallest absolute Gasteiger partial charge is 0.310 e. The van der Waals surface area contributed by atoms with Crippen LogP contribution in [0, 0.1) is 17.3 Å². The Kier molecular flexibility index (Phi) is 3.66. The highest BCUT2D eigenvalue weighted by Gasteiger charge is 2.56. The summed E-state index contributed by atoms with van der Waals surface area (Å²) in [5.74, 6) is -0.261. The van der Waals surface area contributed by atoms with Crippen molar-refractivity contribution in [2.24, 2.45) is 17.3 Å². The van der Waals surface area contributed by atoms with Gasteiger partial charge in [0.15, 0.2) is 5.78 Å². The zero-order valence-corrected chi connectivity index (χ0v) is 11.9. The van der Waals surface area contributed by atoms with Gasteiger partial charge < -0.3 is 4.74 Å². The summed E-state index contributed by atoms with van der Waals surface area (Å²) >= 11 is 0. The first-order chi connectivity index (χ1) is 8.92. The van der Waals surface area contributed by atoms with Gasteiger partial charge in [0.25, 0.3) is 0 Å². The molecule has 0 aromatic carbocycles. The van der Waals surface area contributed by atoms with E-state index in [1.807, 2.05) is 32.9 Å². The first-order valence-corrected chi connectivity index (χ1v) is 6.99. The van der Waals surface area contributed by atoms with Crippen LogP contribution in [0.25, 0.3) is 0 Å². The number of rotatable bonds is 5. The number of Topliss-reactive ketones (excluding diaryl/α,β-unsaturated/α-hetero) is 1. The van der Waals surface area contributed by atoms with E-state index >= 15 is 0 Å². The standard InChI is InChI=1S/C16H22O3/c1-5-7-8-10-13-11(12(17)6-2)9-16(3,4)14(13)19-15(10)18/h5,9-10,13-14H,1,6-8H2,2-4H3/t10?,13-,14-/m0/s1. The lowest BCUT2D eigenvalue weighted by Gasteiger charge is -2.24. The molecule has 19 heavy (non-hydrogen) atoms. The van der Waals surface area contributed by atoms with E-state index in [4.69, 9.17) is 4.74 Å². The van der Waals surface area contributed by atoms with Crippen molar-refractivity contribution in [1.29, 1.82) is 0 Å². The van der Waals surface area contributed by atoms with Crippen molar-refractivity contribution in [2.45, 2.75) is 46.1 Å². The molecule has 1 heterocycles. The summed E-state index contributed by atoms with van der Waals surface area (Å²) < 4.78 is 5.56. The van der Waals surface area contributed by atoms with Crippen molar-refractivity contribution < 1.29 is 14.3 Å². The van der Waals surface area contributed by atoms with E-state index in [1.165, 1.54) is 0 Å². The van der Waals surface area contributed by atoms with Crippen LogP contribution in [-0.4, -0.2) is 17.9 Å². The lowest BCUT2D eigenvalue weighted by atomic mass is 9.79. The van der Waals surface area contributed by atoms with Crippen LogP contribution in [-0.2, 0) is 14.3 Å². The minimum absolute atomic E-state index is 0.0603. The molecule has 104 valence electrons. The Morgan fingerprint density at radius 1 is 1.53 bits per heavy atom. The van der Waals surface area contributed by atoms with Gasteiger partial charge in [-0.05, 0) is 18.4 Å². The maximum Gasteiger partial charge on any atom is 0.310 e. The van der Waals surface area contributed by atoms with E-state index in [0.29, 0.717) is 12.8 Å². The highest BCUT2D eigenvalue weighted by molar-refractivity contribution is 5.98. The summed E-state index contributed by atoms with van der Waals surface area (Å²) in [6, 6.07) is 0.